The van der Waals surface area contributed by atoms with Gasteiger partial charge in [0.2, 0.25) is 0 Å². The zero-order valence-corrected chi connectivity index (χ0v) is 11.3. The second kappa shape index (κ2) is 4.70. The minimum absolute atomic E-state index is 0.0127. The van der Waals surface area contributed by atoms with Crippen molar-refractivity contribution < 1.29 is 19.7 Å². The van der Waals surface area contributed by atoms with Gasteiger partial charge in [-0.2, -0.15) is 0 Å². The van der Waals surface area contributed by atoms with Crippen LogP contribution in [0.3, 0.4) is 0 Å². The van der Waals surface area contributed by atoms with Crippen LogP contribution in [-0.2, 0) is 4.74 Å². The molecule has 2 fully saturated rings. The van der Waals surface area contributed by atoms with Crippen LogP contribution in [0.2, 0.25) is 0 Å². The van der Waals surface area contributed by atoms with E-state index in [-0.39, 0.29) is 43.2 Å². The van der Waals surface area contributed by atoms with E-state index in [0.29, 0.717) is 0 Å². The number of amides is 1. The summed E-state index contributed by atoms with van der Waals surface area (Å²) >= 11 is 0. The minimum atomic E-state index is -0.511. The molecule has 18 heavy (non-hydrogen) atoms. The SMILES string of the molecule is CC(C)(C)OC(=O)N1C2CCC1[C@H](CO)[C@@H]2CO. The molecule has 2 N–H and O–H groups in total. The number of carbonyl (C=O) groups is 1. The number of hydrogen-bond acceptors (Lipinski definition) is 4. The molecule has 0 aromatic heterocycles. The molecule has 4 atom stereocenters. The van der Waals surface area contributed by atoms with Crippen molar-refractivity contribution in [2.75, 3.05) is 13.2 Å². The van der Waals surface area contributed by atoms with Gasteiger partial charge in [-0.25, -0.2) is 4.79 Å². The molecule has 0 saturated carbocycles. The molecule has 0 aromatic rings. The van der Waals surface area contributed by atoms with Crippen molar-refractivity contribution in [3.63, 3.8) is 0 Å². The Bertz CT molecular complexity index is 307. The summed E-state index contributed by atoms with van der Waals surface area (Å²) in [6.45, 7) is 5.57. The zero-order chi connectivity index (χ0) is 13.5. The fourth-order valence-electron chi connectivity index (χ4n) is 3.38. The average molecular weight is 257 g/mol. The number of fused-ring (bicyclic) bond motifs is 2. The van der Waals surface area contributed by atoms with Gasteiger partial charge in [0.1, 0.15) is 5.60 Å². The molecule has 2 saturated heterocycles. The molecule has 5 heteroatoms. The lowest BCUT2D eigenvalue weighted by Crippen LogP contribution is -2.41. The first-order valence-corrected chi connectivity index (χ1v) is 6.62. The monoisotopic (exact) mass is 257 g/mol. The van der Waals surface area contributed by atoms with Gasteiger partial charge in [-0.1, -0.05) is 0 Å². The van der Waals surface area contributed by atoms with Gasteiger partial charge >= 0.3 is 6.09 Å². The number of aliphatic hydroxyl groups excluding tert-OH is 2. The molecule has 0 aromatic carbocycles. The number of hydrogen-bond donors (Lipinski definition) is 2. The second-order valence-electron chi connectivity index (χ2n) is 6.29. The Kier molecular flexibility index (Phi) is 3.56. The van der Waals surface area contributed by atoms with Crippen molar-refractivity contribution >= 4 is 6.09 Å². The van der Waals surface area contributed by atoms with Crippen LogP contribution in [0.4, 0.5) is 4.79 Å². The Balaban J connectivity index is 2.13. The number of carbonyl (C=O) groups excluding carboxylic acids is 1. The summed E-state index contributed by atoms with van der Waals surface area (Å²) in [7, 11) is 0. The van der Waals surface area contributed by atoms with E-state index in [1.54, 1.807) is 4.90 Å². The number of rotatable bonds is 2. The maximum absolute atomic E-state index is 12.2. The molecule has 2 aliphatic rings. The maximum Gasteiger partial charge on any atom is 0.410 e. The Morgan fingerprint density at radius 2 is 1.61 bits per heavy atom. The van der Waals surface area contributed by atoms with Crippen LogP contribution >= 0.6 is 0 Å². The highest BCUT2D eigenvalue weighted by atomic mass is 16.6. The van der Waals surface area contributed by atoms with Gasteiger partial charge in [0.05, 0.1) is 0 Å². The highest BCUT2D eigenvalue weighted by Crippen LogP contribution is 2.45. The Morgan fingerprint density at radius 1 is 1.17 bits per heavy atom. The first-order chi connectivity index (χ1) is 8.39. The molecule has 104 valence electrons. The molecule has 2 aliphatic heterocycles. The zero-order valence-electron chi connectivity index (χ0n) is 11.3. The third-order valence-corrected chi connectivity index (χ3v) is 4.04. The van der Waals surface area contributed by atoms with E-state index >= 15 is 0 Å². The molecule has 2 bridgehead atoms. The summed E-state index contributed by atoms with van der Waals surface area (Å²) in [6, 6.07) is 0.0407. The maximum atomic E-state index is 12.2. The molecule has 0 aliphatic carbocycles. The quantitative estimate of drug-likeness (QED) is 0.774. The fourth-order valence-corrected chi connectivity index (χ4v) is 3.38. The lowest BCUT2D eigenvalue weighted by molar-refractivity contribution is 0.0190. The molecular formula is C13H23NO4. The van der Waals surface area contributed by atoms with E-state index in [0.717, 1.165) is 12.8 Å². The molecule has 1 amide bonds. The van der Waals surface area contributed by atoms with Crippen LogP contribution in [-0.4, -0.2) is 52.1 Å². The lowest BCUT2D eigenvalue weighted by Gasteiger charge is -2.28. The summed E-state index contributed by atoms with van der Waals surface area (Å²) in [5.74, 6) is -0.0254. The van der Waals surface area contributed by atoms with Crippen LogP contribution < -0.4 is 0 Å². The molecule has 2 rings (SSSR count). The van der Waals surface area contributed by atoms with Gasteiger partial charge in [-0.3, -0.25) is 0 Å². The largest absolute Gasteiger partial charge is 0.444 e. The fraction of sp³-hybridized carbons (Fsp3) is 0.923. The van der Waals surface area contributed by atoms with E-state index in [1.807, 2.05) is 20.8 Å². The van der Waals surface area contributed by atoms with Crippen molar-refractivity contribution in [1.82, 2.24) is 4.90 Å². The summed E-state index contributed by atoms with van der Waals surface area (Å²) in [5.41, 5.74) is -0.511. The Hall–Kier alpha value is -0.810. The number of aliphatic hydroxyl groups is 2. The van der Waals surface area contributed by atoms with E-state index in [9.17, 15) is 15.0 Å². The van der Waals surface area contributed by atoms with Crippen molar-refractivity contribution in [3.8, 4) is 0 Å². The summed E-state index contributed by atoms with van der Waals surface area (Å²) in [6.07, 6.45) is 1.47. The van der Waals surface area contributed by atoms with Crippen molar-refractivity contribution in [2.24, 2.45) is 11.8 Å². The summed E-state index contributed by atoms with van der Waals surface area (Å²) < 4.78 is 5.41. The highest BCUT2D eigenvalue weighted by molar-refractivity contribution is 5.70. The number of nitrogens with zero attached hydrogens (tertiary/aromatic N) is 1. The normalized spacial score (nSPS) is 35.1. The van der Waals surface area contributed by atoms with Crippen molar-refractivity contribution in [2.45, 2.75) is 51.3 Å². The van der Waals surface area contributed by atoms with Crippen LogP contribution in [0, 0.1) is 11.8 Å². The van der Waals surface area contributed by atoms with Crippen LogP contribution in [0.25, 0.3) is 0 Å². The number of ether oxygens (including phenoxy) is 1. The van der Waals surface area contributed by atoms with Gasteiger partial charge in [0.25, 0.3) is 0 Å². The van der Waals surface area contributed by atoms with E-state index in [2.05, 4.69) is 0 Å². The van der Waals surface area contributed by atoms with Crippen LogP contribution in [0.15, 0.2) is 0 Å². The van der Waals surface area contributed by atoms with E-state index < -0.39 is 5.60 Å². The van der Waals surface area contributed by atoms with Gasteiger partial charge < -0.3 is 19.8 Å². The van der Waals surface area contributed by atoms with E-state index in [4.69, 9.17) is 4.74 Å². The van der Waals surface area contributed by atoms with Gasteiger partial charge in [-0.05, 0) is 33.6 Å². The predicted octanol–water partition coefficient (Wildman–Crippen LogP) is 0.985. The minimum Gasteiger partial charge on any atom is -0.444 e. The topological polar surface area (TPSA) is 70.0 Å². The Labute approximate surface area is 108 Å². The smallest absolute Gasteiger partial charge is 0.410 e. The standard InChI is InChI=1S/C13H23NO4/c1-13(2,3)18-12(17)14-10-4-5-11(14)9(7-16)8(10)6-15/h8-11,15-16H,4-7H2,1-3H3/t8-,9+,10?,11?. The summed E-state index contributed by atoms with van der Waals surface area (Å²) in [4.78, 5) is 13.9. The molecule has 5 nitrogen and oxygen atoms in total. The molecule has 2 unspecified atom stereocenters. The third-order valence-electron chi connectivity index (χ3n) is 4.04. The Morgan fingerprint density at radius 3 is 1.94 bits per heavy atom. The molecular weight excluding hydrogens is 234 g/mol. The van der Waals surface area contributed by atoms with Crippen LogP contribution in [0.5, 0.6) is 0 Å². The van der Waals surface area contributed by atoms with Gasteiger partial charge in [0, 0.05) is 37.1 Å². The average Bonchev–Trinajstić information content (AvgIpc) is 2.80. The first kappa shape index (κ1) is 13.6. The molecule has 2 heterocycles. The lowest BCUT2D eigenvalue weighted by atomic mass is 9.80. The molecule has 0 radical (unpaired) electrons. The third kappa shape index (κ3) is 2.21. The van der Waals surface area contributed by atoms with E-state index in [1.165, 1.54) is 0 Å². The second-order valence-corrected chi connectivity index (χ2v) is 6.29. The van der Waals surface area contributed by atoms with Crippen molar-refractivity contribution in [3.05, 3.63) is 0 Å². The highest BCUT2D eigenvalue weighted by Gasteiger charge is 2.55. The first-order valence-electron chi connectivity index (χ1n) is 6.62. The summed E-state index contributed by atoms with van der Waals surface area (Å²) in [5, 5.41) is 18.9. The van der Waals surface area contributed by atoms with Gasteiger partial charge in [0.15, 0.2) is 0 Å². The molecule has 0 spiro atoms. The van der Waals surface area contributed by atoms with Crippen LogP contribution in [0.1, 0.15) is 33.6 Å². The van der Waals surface area contributed by atoms with Gasteiger partial charge in [-0.15, -0.1) is 0 Å². The predicted molar refractivity (Wildman–Crippen MR) is 66.0 cm³/mol. The van der Waals surface area contributed by atoms with Crippen molar-refractivity contribution in [1.29, 1.82) is 0 Å².